The van der Waals surface area contributed by atoms with E-state index in [-0.39, 0.29) is 11.9 Å². The molecule has 1 amide bonds. The van der Waals surface area contributed by atoms with Gasteiger partial charge in [0.2, 0.25) is 5.91 Å². The minimum Gasteiger partial charge on any atom is -0.457 e. The van der Waals surface area contributed by atoms with Crippen LogP contribution in [0.4, 0.5) is 5.82 Å². The molecule has 1 saturated heterocycles. The standard InChI is InChI=1S/C26H28N6O2/c1-2-7-22(33)31-15-6-8-19(16-31)32-26-23(25(27)28-17-29-26)24(30-32)18-11-13-21(14-12-18)34-20-9-4-3-5-10-20/h3-5,9-14,17,19H,2,6-8,15-16H2,1H3,(H2,27,28,29)/t19-/m1/s1. The van der Waals surface area contributed by atoms with Gasteiger partial charge in [0.25, 0.3) is 0 Å². The van der Waals surface area contributed by atoms with E-state index in [1.807, 2.05) is 71.1 Å². The maximum atomic E-state index is 12.5. The molecule has 2 N–H and O–H groups in total. The molecule has 0 radical (unpaired) electrons. The van der Waals surface area contributed by atoms with Crippen molar-refractivity contribution in [1.29, 1.82) is 0 Å². The quantitative estimate of drug-likeness (QED) is 0.446. The SMILES string of the molecule is CCCC(=O)N1CCC[C@@H](n2nc(-c3ccc(Oc4ccccc4)cc3)c3c(N)ncnc32)C1. The molecule has 3 heterocycles. The summed E-state index contributed by atoms with van der Waals surface area (Å²) >= 11 is 0. The fraction of sp³-hybridized carbons (Fsp3) is 0.308. The molecule has 8 heteroatoms. The normalized spacial score (nSPS) is 16.0. The Bertz CT molecular complexity index is 1290. The van der Waals surface area contributed by atoms with Gasteiger partial charge in [-0.1, -0.05) is 25.1 Å². The number of carbonyl (C=O) groups is 1. The molecule has 0 bridgehead atoms. The van der Waals surface area contributed by atoms with Crippen molar-refractivity contribution in [3.8, 4) is 22.8 Å². The molecule has 1 fully saturated rings. The maximum Gasteiger partial charge on any atom is 0.222 e. The summed E-state index contributed by atoms with van der Waals surface area (Å²) in [4.78, 5) is 23.2. The number of hydrogen-bond acceptors (Lipinski definition) is 6. The van der Waals surface area contributed by atoms with Crippen LogP contribution in [0.3, 0.4) is 0 Å². The lowest BCUT2D eigenvalue weighted by Gasteiger charge is -2.33. The Balaban J connectivity index is 1.47. The number of hydrogen-bond donors (Lipinski definition) is 1. The van der Waals surface area contributed by atoms with Gasteiger partial charge in [0.1, 0.15) is 29.3 Å². The van der Waals surface area contributed by atoms with Crippen molar-refractivity contribution in [1.82, 2.24) is 24.6 Å². The Morgan fingerprint density at radius 3 is 2.62 bits per heavy atom. The average Bonchev–Trinajstić information content (AvgIpc) is 3.26. The first-order valence-corrected chi connectivity index (χ1v) is 11.7. The van der Waals surface area contributed by atoms with Crippen LogP contribution in [0.25, 0.3) is 22.3 Å². The number of anilines is 1. The highest BCUT2D eigenvalue weighted by atomic mass is 16.5. The fourth-order valence-corrected chi connectivity index (χ4v) is 4.51. The lowest BCUT2D eigenvalue weighted by Crippen LogP contribution is -2.40. The number of rotatable bonds is 6. The van der Waals surface area contributed by atoms with Crippen LogP contribution in [0.1, 0.15) is 38.6 Å². The molecule has 174 valence electrons. The van der Waals surface area contributed by atoms with E-state index in [9.17, 15) is 4.79 Å². The molecule has 4 aromatic rings. The van der Waals surface area contributed by atoms with E-state index < -0.39 is 0 Å². The molecule has 0 aliphatic carbocycles. The van der Waals surface area contributed by atoms with Crippen LogP contribution >= 0.6 is 0 Å². The monoisotopic (exact) mass is 456 g/mol. The smallest absolute Gasteiger partial charge is 0.222 e. The van der Waals surface area contributed by atoms with Gasteiger partial charge in [0.15, 0.2) is 5.65 Å². The number of nitrogen functional groups attached to an aromatic ring is 1. The average molecular weight is 457 g/mol. The number of piperidine rings is 1. The highest BCUT2D eigenvalue weighted by molar-refractivity contribution is 5.98. The summed E-state index contributed by atoms with van der Waals surface area (Å²) in [7, 11) is 0. The minimum absolute atomic E-state index is 0.0424. The Morgan fingerprint density at radius 2 is 1.85 bits per heavy atom. The second-order valence-corrected chi connectivity index (χ2v) is 8.58. The molecular weight excluding hydrogens is 428 g/mol. The number of carbonyl (C=O) groups excluding carboxylic acids is 1. The molecule has 34 heavy (non-hydrogen) atoms. The van der Waals surface area contributed by atoms with Crippen LogP contribution < -0.4 is 10.5 Å². The fourth-order valence-electron chi connectivity index (χ4n) is 4.51. The van der Waals surface area contributed by atoms with Crippen molar-refractivity contribution < 1.29 is 9.53 Å². The van der Waals surface area contributed by atoms with E-state index in [4.69, 9.17) is 15.6 Å². The van der Waals surface area contributed by atoms with Crippen LogP contribution in [0.15, 0.2) is 60.9 Å². The lowest BCUT2D eigenvalue weighted by molar-refractivity contribution is -0.132. The van der Waals surface area contributed by atoms with Crippen LogP contribution in [-0.2, 0) is 4.79 Å². The largest absolute Gasteiger partial charge is 0.457 e. The Kier molecular flexibility index (Phi) is 6.12. The third-order valence-electron chi connectivity index (χ3n) is 6.18. The number of amides is 1. The van der Waals surface area contributed by atoms with Gasteiger partial charge in [-0.15, -0.1) is 0 Å². The highest BCUT2D eigenvalue weighted by Gasteiger charge is 2.28. The van der Waals surface area contributed by atoms with Crippen LogP contribution in [-0.4, -0.2) is 43.6 Å². The zero-order valence-corrected chi connectivity index (χ0v) is 19.2. The first-order valence-electron chi connectivity index (χ1n) is 11.7. The molecule has 1 aliphatic heterocycles. The van der Waals surface area contributed by atoms with Gasteiger partial charge >= 0.3 is 0 Å². The molecule has 2 aromatic heterocycles. The lowest BCUT2D eigenvalue weighted by atomic mass is 10.1. The predicted octanol–water partition coefficient (Wildman–Crippen LogP) is 4.83. The third-order valence-corrected chi connectivity index (χ3v) is 6.18. The molecule has 8 nitrogen and oxygen atoms in total. The summed E-state index contributed by atoms with van der Waals surface area (Å²) in [6.45, 7) is 3.45. The van der Waals surface area contributed by atoms with Gasteiger partial charge in [-0.05, 0) is 55.7 Å². The van der Waals surface area contributed by atoms with Crippen LogP contribution in [0.5, 0.6) is 11.5 Å². The Hall–Kier alpha value is -3.94. The van der Waals surface area contributed by atoms with E-state index in [1.54, 1.807) is 0 Å². The minimum atomic E-state index is 0.0424. The van der Waals surface area contributed by atoms with Crippen LogP contribution in [0.2, 0.25) is 0 Å². The van der Waals surface area contributed by atoms with E-state index >= 15 is 0 Å². The van der Waals surface area contributed by atoms with Gasteiger partial charge < -0.3 is 15.4 Å². The zero-order chi connectivity index (χ0) is 23.5. The van der Waals surface area contributed by atoms with Crippen LogP contribution in [0, 0.1) is 0 Å². The number of nitrogens with zero attached hydrogens (tertiary/aromatic N) is 5. The first kappa shape index (κ1) is 21.9. The van der Waals surface area contributed by atoms with Gasteiger partial charge in [-0.2, -0.15) is 5.10 Å². The van der Waals surface area contributed by atoms with E-state index in [0.717, 1.165) is 53.9 Å². The summed E-state index contributed by atoms with van der Waals surface area (Å²) in [5, 5.41) is 5.69. The van der Waals surface area contributed by atoms with Gasteiger partial charge in [0.05, 0.1) is 11.4 Å². The Labute approximate surface area is 198 Å². The molecule has 5 rings (SSSR count). The second-order valence-electron chi connectivity index (χ2n) is 8.58. The third kappa shape index (κ3) is 4.31. The van der Waals surface area contributed by atoms with Gasteiger partial charge in [-0.3, -0.25) is 4.79 Å². The van der Waals surface area contributed by atoms with Crippen molar-refractivity contribution in [2.75, 3.05) is 18.8 Å². The highest BCUT2D eigenvalue weighted by Crippen LogP contribution is 2.35. The summed E-state index contributed by atoms with van der Waals surface area (Å²) in [6, 6.07) is 17.5. The van der Waals surface area contributed by atoms with Crippen molar-refractivity contribution in [3.05, 3.63) is 60.9 Å². The van der Waals surface area contributed by atoms with E-state index in [1.165, 1.54) is 6.33 Å². The molecule has 2 aromatic carbocycles. The number of benzene rings is 2. The van der Waals surface area contributed by atoms with Crippen molar-refractivity contribution in [2.24, 2.45) is 0 Å². The molecule has 0 spiro atoms. The van der Waals surface area contributed by atoms with E-state index in [2.05, 4.69) is 9.97 Å². The van der Waals surface area contributed by atoms with Crippen molar-refractivity contribution in [2.45, 2.75) is 38.6 Å². The Morgan fingerprint density at radius 1 is 1.09 bits per heavy atom. The van der Waals surface area contributed by atoms with Crippen molar-refractivity contribution in [3.63, 3.8) is 0 Å². The summed E-state index contributed by atoms with van der Waals surface area (Å²) in [6.07, 6.45) is 4.76. The summed E-state index contributed by atoms with van der Waals surface area (Å²) in [5.74, 6) is 2.11. The topological polar surface area (TPSA) is 99.2 Å². The molecular formula is C26H28N6O2. The van der Waals surface area contributed by atoms with Crippen molar-refractivity contribution >= 4 is 22.8 Å². The van der Waals surface area contributed by atoms with Gasteiger partial charge in [0, 0.05) is 25.1 Å². The van der Waals surface area contributed by atoms with Gasteiger partial charge in [-0.25, -0.2) is 14.6 Å². The number of aromatic nitrogens is 4. The maximum absolute atomic E-state index is 12.5. The number of ether oxygens (including phenoxy) is 1. The van der Waals surface area contributed by atoms with E-state index in [0.29, 0.717) is 24.4 Å². The second kappa shape index (κ2) is 9.51. The number of nitrogens with two attached hydrogens (primary N) is 1. The number of para-hydroxylation sites is 1. The molecule has 1 atom stereocenters. The molecule has 1 aliphatic rings. The number of fused-ring (bicyclic) bond motifs is 1. The first-order chi connectivity index (χ1) is 16.6. The summed E-state index contributed by atoms with van der Waals surface area (Å²) in [5.41, 5.74) is 8.62. The predicted molar refractivity (Wildman–Crippen MR) is 131 cm³/mol. The summed E-state index contributed by atoms with van der Waals surface area (Å²) < 4.78 is 7.86. The number of likely N-dealkylation sites (tertiary alicyclic amines) is 1. The molecule has 0 saturated carbocycles. The molecule has 0 unspecified atom stereocenters. The zero-order valence-electron chi connectivity index (χ0n) is 19.2.